The SMILES string of the molecule is CCCCNC(=O)C(=O)N1CCCCC1CC. The van der Waals surface area contributed by atoms with Crippen LogP contribution in [0.2, 0.25) is 0 Å². The van der Waals surface area contributed by atoms with Gasteiger partial charge in [-0.05, 0) is 32.1 Å². The molecule has 0 radical (unpaired) electrons. The van der Waals surface area contributed by atoms with Crippen molar-refractivity contribution < 1.29 is 9.59 Å². The smallest absolute Gasteiger partial charge is 0.312 e. The summed E-state index contributed by atoms with van der Waals surface area (Å²) in [5.74, 6) is -0.772. The Morgan fingerprint density at radius 2 is 2.06 bits per heavy atom. The monoisotopic (exact) mass is 240 g/mol. The van der Waals surface area contributed by atoms with Crippen molar-refractivity contribution in [3.8, 4) is 0 Å². The molecule has 0 aromatic rings. The zero-order chi connectivity index (χ0) is 12.7. The quantitative estimate of drug-likeness (QED) is 0.600. The maximum absolute atomic E-state index is 12.0. The molecule has 0 spiro atoms. The lowest BCUT2D eigenvalue weighted by atomic mass is 10.00. The second kappa shape index (κ2) is 7.30. The maximum Gasteiger partial charge on any atom is 0.312 e. The fraction of sp³-hybridized carbons (Fsp3) is 0.846. The van der Waals surface area contributed by atoms with Crippen molar-refractivity contribution in [2.24, 2.45) is 0 Å². The summed E-state index contributed by atoms with van der Waals surface area (Å²) in [6, 6.07) is 0.258. The number of hydrogen-bond acceptors (Lipinski definition) is 2. The summed E-state index contributed by atoms with van der Waals surface area (Å²) >= 11 is 0. The molecule has 0 bridgehead atoms. The number of unbranched alkanes of at least 4 members (excludes halogenated alkanes) is 1. The highest BCUT2D eigenvalue weighted by Gasteiger charge is 2.29. The molecule has 0 aromatic carbocycles. The van der Waals surface area contributed by atoms with Crippen LogP contribution in [0.5, 0.6) is 0 Å². The fourth-order valence-electron chi connectivity index (χ4n) is 2.28. The molecule has 1 atom stereocenters. The predicted octanol–water partition coefficient (Wildman–Crippen LogP) is 1.69. The van der Waals surface area contributed by atoms with E-state index in [9.17, 15) is 9.59 Å². The summed E-state index contributed by atoms with van der Waals surface area (Å²) in [7, 11) is 0. The van der Waals surface area contributed by atoms with Crippen LogP contribution in [0.1, 0.15) is 52.4 Å². The van der Waals surface area contributed by atoms with E-state index in [0.717, 1.165) is 38.6 Å². The molecular formula is C13H24N2O2. The number of nitrogens with one attached hydrogen (secondary N) is 1. The molecule has 1 aliphatic heterocycles. The molecule has 98 valence electrons. The average molecular weight is 240 g/mol. The maximum atomic E-state index is 12.0. The molecule has 17 heavy (non-hydrogen) atoms. The third-order valence-corrected chi connectivity index (χ3v) is 3.37. The Morgan fingerprint density at radius 3 is 2.71 bits per heavy atom. The van der Waals surface area contributed by atoms with Gasteiger partial charge in [-0.15, -0.1) is 0 Å². The van der Waals surface area contributed by atoms with Gasteiger partial charge in [0.2, 0.25) is 0 Å². The first-order valence-electron chi connectivity index (χ1n) is 6.79. The molecule has 4 heteroatoms. The van der Waals surface area contributed by atoms with E-state index in [1.54, 1.807) is 4.90 Å². The van der Waals surface area contributed by atoms with E-state index in [1.165, 1.54) is 6.42 Å². The van der Waals surface area contributed by atoms with E-state index < -0.39 is 5.91 Å². The first-order valence-corrected chi connectivity index (χ1v) is 6.79. The summed E-state index contributed by atoms with van der Waals surface area (Å²) < 4.78 is 0. The van der Waals surface area contributed by atoms with Crippen LogP contribution >= 0.6 is 0 Å². The van der Waals surface area contributed by atoms with Crippen LogP contribution in [0.4, 0.5) is 0 Å². The predicted molar refractivity (Wildman–Crippen MR) is 67.6 cm³/mol. The number of carbonyl (C=O) groups excluding carboxylic acids is 2. The second-order valence-electron chi connectivity index (χ2n) is 4.67. The average Bonchev–Trinajstić information content (AvgIpc) is 2.38. The molecule has 1 saturated heterocycles. The van der Waals surface area contributed by atoms with E-state index in [0.29, 0.717) is 6.54 Å². The van der Waals surface area contributed by atoms with Crippen LogP contribution in [-0.2, 0) is 9.59 Å². The van der Waals surface area contributed by atoms with Crippen LogP contribution in [0, 0.1) is 0 Å². The Labute approximate surface area is 104 Å². The highest BCUT2D eigenvalue weighted by Crippen LogP contribution is 2.19. The minimum atomic E-state index is -0.432. The van der Waals surface area contributed by atoms with E-state index in [1.807, 2.05) is 0 Å². The van der Waals surface area contributed by atoms with Gasteiger partial charge in [-0.25, -0.2) is 0 Å². The normalized spacial score (nSPS) is 20.1. The van der Waals surface area contributed by atoms with Crippen molar-refractivity contribution >= 4 is 11.8 Å². The minimum Gasteiger partial charge on any atom is -0.348 e. The standard InChI is InChI=1S/C13H24N2O2/c1-3-5-9-14-12(16)13(17)15-10-7-6-8-11(15)4-2/h11H,3-10H2,1-2H3,(H,14,16). The van der Waals surface area contributed by atoms with Crippen molar-refractivity contribution in [2.45, 2.75) is 58.4 Å². The molecule has 1 fully saturated rings. The third-order valence-electron chi connectivity index (χ3n) is 3.37. The van der Waals surface area contributed by atoms with Gasteiger partial charge in [0.05, 0.1) is 0 Å². The molecule has 1 heterocycles. The summed E-state index contributed by atoms with van der Waals surface area (Å²) in [5, 5.41) is 2.70. The van der Waals surface area contributed by atoms with Crippen LogP contribution in [-0.4, -0.2) is 35.8 Å². The van der Waals surface area contributed by atoms with Crippen molar-refractivity contribution in [1.82, 2.24) is 10.2 Å². The van der Waals surface area contributed by atoms with Crippen LogP contribution < -0.4 is 5.32 Å². The molecule has 0 saturated carbocycles. The summed E-state index contributed by atoms with van der Waals surface area (Å²) in [6.07, 6.45) is 6.11. The van der Waals surface area contributed by atoms with Gasteiger partial charge in [-0.3, -0.25) is 9.59 Å². The Kier molecular flexibility index (Phi) is 6.01. The topological polar surface area (TPSA) is 49.4 Å². The van der Waals surface area contributed by atoms with Crippen LogP contribution in [0.25, 0.3) is 0 Å². The minimum absolute atomic E-state index is 0.258. The highest BCUT2D eigenvalue weighted by molar-refractivity contribution is 6.35. The Bertz CT molecular complexity index is 266. The number of piperidine rings is 1. The van der Waals surface area contributed by atoms with Gasteiger partial charge in [0.15, 0.2) is 0 Å². The molecule has 4 nitrogen and oxygen atoms in total. The molecular weight excluding hydrogens is 216 g/mol. The van der Waals surface area contributed by atoms with Gasteiger partial charge in [-0.1, -0.05) is 20.3 Å². The number of hydrogen-bond donors (Lipinski definition) is 1. The first kappa shape index (κ1) is 14.0. The van der Waals surface area contributed by atoms with Crippen molar-refractivity contribution in [2.75, 3.05) is 13.1 Å². The Morgan fingerprint density at radius 1 is 1.29 bits per heavy atom. The largest absolute Gasteiger partial charge is 0.348 e. The van der Waals surface area contributed by atoms with E-state index in [-0.39, 0.29) is 11.9 Å². The molecule has 1 aliphatic rings. The molecule has 1 rings (SSSR count). The zero-order valence-electron chi connectivity index (χ0n) is 11.0. The molecule has 1 N–H and O–H groups in total. The second-order valence-corrected chi connectivity index (χ2v) is 4.67. The van der Waals surface area contributed by atoms with Gasteiger partial charge in [0, 0.05) is 19.1 Å². The molecule has 1 unspecified atom stereocenters. The van der Waals surface area contributed by atoms with Gasteiger partial charge in [-0.2, -0.15) is 0 Å². The van der Waals surface area contributed by atoms with Crippen LogP contribution in [0.3, 0.4) is 0 Å². The highest BCUT2D eigenvalue weighted by atomic mass is 16.2. The number of likely N-dealkylation sites (tertiary alicyclic amines) is 1. The van der Waals surface area contributed by atoms with Crippen molar-refractivity contribution in [3.05, 3.63) is 0 Å². The summed E-state index contributed by atoms with van der Waals surface area (Å²) in [5.41, 5.74) is 0. The molecule has 0 aromatic heterocycles. The number of carbonyl (C=O) groups is 2. The molecule has 2 amide bonds. The fourth-order valence-corrected chi connectivity index (χ4v) is 2.28. The van der Waals surface area contributed by atoms with E-state index in [2.05, 4.69) is 19.2 Å². The zero-order valence-corrected chi connectivity index (χ0v) is 11.0. The first-order chi connectivity index (χ1) is 8.20. The van der Waals surface area contributed by atoms with Crippen molar-refractivity contribution in [1.29, 1.82) is 0 Å². The summed E-state index contributed by atoms with van der Waals surface area (Å²) in [6.45, 7) is 5.47. The van der Waals surface area contributed by atoms with E-state index >= 15 is 0 Å². The number of rotatable bonds is 4. The lowest BCUT2D eigenvalue weighted by Gasteiger charge is -2.34. The third kappa shape index (κ3) is 4.02. The summed E-state index contributed by atoms with van der Waals surface area (Å²) in [4.78, 5) is 25.4. The molecule has 0 aliphatic carbocycles. The van der Waals surface area contributed by atoms with Gasteiger partial charge >= 0.3 is 11.8 Å². The lowest BCUT2D eigenvalue weighted by molar-refractivity contribution is -0.148. The van der Waals surface area contributed by atoms with Gasteiger partial charge < -0.3 is 10.2 Å². The van der Waals surface area contributed by atoms with Crippen LogP contribution in [0.15, 0.2) is 0 Å². The Hall–Kier alpha value is -1.06. The van der Waals surface area contributed by atoms with Crippen molar-refractivity contribution in [3.63, 3.8) is 0 Å². The number of amides is 2. The van der Waals surface area contributed by atoms with Gasteiger partial charge in [0.25, 0.3) is 0 Å². The number of nitrogens with zero attached hydrogens (tertiary/aromatic N) is 1. The lowest BCUT2D eigenvalue weighted by Crippen LogP contribution is -2.50. The van der Waals surface area contributed by atoms with Gasteiger partial charge in [0.1, 0.15) is 0 Å². The van der Waals surface area contributed by atoms with E-state index in [4.69, 9.17) is 0 Å². The Balaban J connectivity index is 2.46.